The maximum absolute atomic E-state index is 5.25. The number of pyridine rings is 4. The Balaban J connectivity index is 1.17. The van der Waals surface area contributed by atoms with E-state index in [9.17, 15) is 0 Å². The largest absolute Gasteiger partial charge is 0.254 e. The molecule has 4 nitrogen and oxygen atoms in total. The highest BCUT2D eigenvalue weighted by atomic mass is 14.8. The normalized spacial score (nSPS) is 12.1. The van der Waals surface area contributed by atoms with Crippen molar-refractivity contribution < 1.29 is 0 Å². The molecule has 0 amide bonds. The summed E-state index contributed by atoms with van der Waals surface area (Å²) >= 11 is 0. The van der Waals surface area contributed by atoms with Crippen LogP contribution in [0.2, 0.25) is 0 Å². The number of hydrogen-bond donors (Lipinski definition) is 0. The minimum Gasteiger partial charge on any atom is -0.254 e. The van der Waals surface area contributed by atoms with Crippen molar-refractivity contribution in [2.45, 2.75) is 0 Å². The molecule has 12 aromatic rings. The van der Waals surface area contributed by atoms with Crippen molar-refractivity contribution in [3.05, 3.63) is 170 Å². The summed E-state index contributed by atoms with van der Waals surface area (Å²) in [7, 11) is 0. The Morgan fingerprint density at radius 1 is 0.278 bits per heavy atom. The Hall–Kier alpha value is -7.30. The zero-order chi connectivity index (χ0) is 35.3. The number of benzene rings is 8. The number of nitrogens with zero attached hydrogens (tertiary/aromatic N) is 4. The van der Waals surface area contributed by atoms with Crippen molar-refractivity contribution in [3.8, 4) is 22.5 Å². The molecule has 0 saturated carbocycles. The van der Waals surface area contributed by atoms with Gasteiger partial charge in [0.15, 0.2) is 0 Å². The van der Waals surface area contributed by atoms with Crippen LogP contribution in [0.3, 0.4) is 0 Å². The van der Waals surface area contributed by atoms with Crippen LogP contribution in [0.25, 0.3) is 120 Å². The molecule has 0 fully saturated rings. The van der Waals surface area contributed by atoms with E-state index in [-0.39, 0.29) is 0 Å². The van der Waals surface area contributed by atoms with Gasteiger partial charge in [-0.2, -0.15) is 0 Å². The van der Waals surface area contributed by atoms with Gasteiger partial charge in [0.1, 0.15) is 0 Å². The van der Waals surface area contributed by atoms with E-state index >= 15 is 0 Å². The molecule has 0 radical (unpaired) electrons. The molecule has 12 rings (SSSR count). The van der Waals surface area contributed by atoms with Gasteiger partial charge < -0.3 is 0 Å². The fourth-order valence-electron chi connectivity index (χ4n) is 8.76. The molecule has 0 aliphatic heterocycles. The fraction of sp³-hybridized carbons (Fsp3) is 0. The predicted octanol–water partition coefficient (Wildman–Crippen LogP) is 13.0. The van der Waals surface area contributed by atoms with E-state index in [0.29, 0.717) is 0 Å². The molecule has 0 N–H and O–H groups in total. The molecule has 8 aromatic carbocycles. The van der Waals surface area contributed by atoms with Crippen LogP contribution >= 0.6 is 0 Å². The Kier molecular flexibility index (Phi) is 6.02. The lowest BCUT2D eigenvalue weighted by Crippen LogP contribution is -1.92. The smallest absolute Gasteiger partial charge is 0.0972 e. The highest BCUT2D eigenvalue weighted by molar-refractivity contribution is 6.39. The molecule has 0 aliphatic carbocycles. The van der Waals surface area contributed by atoms with Crippen molar-refractivity contribution in [1.29, 1.82) is 0 Å². The molecular weight excluding hydrogens is 657 g/mol. The highest BCUT2D eigenvalue weighted by Gasteiger charge is 2.18. The van der Waals surface area contributed by atoms with E-state index in [1.165, 1.54) is 53.9 Å². The summed E-state index contributed by atoms with van der Waals surface area (Å²) < 4.78 is 0. The van der Waals surface area contributed by atoms with Crippen LogP contribution in [0, 0.1) is 0 Å². The summed E-state index contributed by atoms with van der Waals surface area (Å²) in [6.07, 6.45) is 3.69. The number of fused-ring (bicyclic) bond motifs is 17. The van der Waals surface area contributed by atoms with E-state index < -0.39 is 0 Å². The van der Waals surface area contributed by atoms with Crippen LogP contribution in [0.4, 0.5) is 0 Å². The first-order valence-corrected chi connectivity index (χ1v) is 18.3. The summed E-state index contributed by atoms with van der Waals surface area (Å²) in [4.78, 5) is 19.9. The molecule has 248 valence electrons. The molecule has 0 spiro atoms. The molecule has 0 atom stereocenters. The van der Waals surface area contributed by atoms with Crippen molar-refractivity contribution in [2.75, 3.05) is 0 Å². The quantitative estimate of drug-likeness (QED) is 0.170. The van der Waals surface area contributed by atoms with Gasteiger partial charge in [-0.3, -0.25) is 9.97 Å². The van der Waals surface area contributed by atoms with Crippen LogP contribution in [0.15, 0.2) is 170 Å². The third-order valence-corrected chi connectivity index (χ3v) is 11.3. The first-order valence-electron chi connectivity index (χ1n) is 18.3. The van der Waals surface area contributed by atoms with Crippen LogP contribution < -0.4 is 0 Å². The number of rotatable bonds is 2. The topological polar surface area (TPSA) is 51.6 Å². The van der Waals surface area contributed by atoms with E-state index in [1.54, 1.807) is 0 Å². The summed E-state index contributed by atoms with van der Waals surface area (Å²) in [6, 6.07) is 56.7. The minimum atomic E-state index is 0.920. The van der Waals surface area contributed by atoms with Crippen LogP contribution in [0.5, 0.6) is 0 Å². The summed E-state index contributed by atoms with van der Waals surface area (Å²) in [5.41, 5.74) is 7.70. The zero-order valence-electron chi connectivity index (χ0n) is 29.0. The lowest BCUT2D eigenvalue weighted by Gasteiger charge is -2.18. The van der Waals surface area contributed by atoms with Gasteiger partial charge in [-0.15, -0.1) is 0 Å². The van der Waals surface area contributed by atoms with Gasteiger partial charge in [0.2, 0.25) is 0 Å². The molecule has 0 bridgehead atoms. The average Bonchev–Trinajstić information content (AvgIpc) is 3.25. The Morgan fingerprint density at radius 2 is 0.667 bits per heavy atom. The van der Waals surface area contributed by atoms with Crippen LogP contribution in [0.1, 0.15) is 0 Å². The third kappa shape index (κ3) is 4.19. The molecular formula is C50H28N4. The average molecular weight is 685 g/mol. The highest BCUT2D eigenvalue weighted by Crippen LogP contribution is 2.45. The Morgan fingerprint density at radius 3 is 1.13 bits per heavy atom. The lowest BCUT2D eigenvalue weighted by molar-refractivity contribution is 1.37. The van der Waals surface area contributed by atoms with Gasteiger partial charge in [-0.05, 0) is 90.3 Å². The molecule has 54 heavy (non-hydrogen) atoms. The Bertz CT molecular complexity index is 3330. The minimum absolute atomic E-state index is 0.920. The van der Waals surface area contributed by atoms with E-state index in [1.807, 2.05) is 24.5 Å². The number of hydrogen-bond acceptors (Lipinski definition) is 4. The molecule has 4 heteroatoms. The summed E-state index contributed by atoms with van der Waals surface area (Å²) in [5, 5.41) is 16.7. The second-order valence-electron chi connectivity index (χ2n) is 14.2. The first kappa shape index (κ1) is 29.3. The maximum atomic E-state index is 5.25. The summed E-state index contributed by atoms with van der Waals surface area (Å²) in [5.74, 6) is 0. The van der Waals surface area contributed by atoms with Crippen molar-refractivity contribution >= 4 is 97.5 Å². The van der Waals surface area contributed by atoms with Crippen molar-refractivity contribution in [2.24, 2.45) is 0 Å². The fourth-order valence-corrected chi connectivity index (χ4v) is 8.76. The van der Waals surface area contributed by atoms with E-state index in [0.717, 1.165) is 66.1 Å². The second-order valence-corrected chi connectivity index (χ2v) is 14.2. The molecule has 4 aromatic heterocycles. The maximum Gasteiger partial charge on any atom is 0.0972 e. The predicted molar refractivity (Wildman–Crippen MR) is 226 cm³/mol. The van der Waals surface area contributed by atoms with Gasteiger partial charge in [0.05, 0.1) is 33.5 Å². The van der Waals surface area contributed by atoms with Gasteiger partial charge in [0.25, 0.3) is 0 Å². The van der Waals surface area contributed by atoms with Gasteiger partial charge >= 0.3 is 0 Å². The van der Waals surface area contributed by atoms with Gasteiger partial charge in [0, 0.05) is 45.1 Å². The van der Waals surface area contributed by atoms with Gasteiger partial charge in [-0.1, -0.05) is 121 Å². The molecule has 0 saturated heterocycles. The SMILES string of the molecule is c1cnc2c(c1)ccc1ccc(-c3ccc4c5ccccc5c5c6cc(-c7ccc8ccc9cccnc9c8n7)ccc6c6ccccc6c5c4c3)nc12. The monoisotopic (exact) mass is 684 g/mol. The number of aromatic nitrogens is 4. The molecule has 4 heterocycles. The lowest BCUT2D eigenvalue weighted by atomic mass is 9.86. The molecule has 0 unspecified atom stereocenters. The van der Waals surface area contributed by atoms with Crippen molar-refractivity contribution in [3.63, 3.8) is 0 Å². The summed E-state index contributed by atoms with van der Waals surface area (Å²) in [6.45, 7) is 0. The van der Waals surface area contributed by atoms with E-state index in [4.69, 9.17) is 19.9 Å². The first-order chi connectivity index (χ1) is 26.8. The standard InChI is InChI=1S/C50H28N4/c1-3-11-39-35(9-1)37-21-17-33(43-23-19-31-15-13-29-7-5-25-51-47(29)49(31)53-43)27-41(37)46-40-12-4-2-10-36(40)38-22-18-34(28-42(38)45(39)46)44-24-20-32-16-14-30-8-6-26-52-48(30)50(32)54-44/h1-28H. The van der Waals surface area contributed by atoms with E-state index in [2.05, 4.69) is 146 Å². The molecule has 0 aliphatic rings. The Labute approximate surface area is 309 Å². The third-order valence-electron chi connectivity index (χ3n) is 11.3. The van der Waals surface area contributed by atoms with Crippen LogP contribution in [-0.2, 0) is 0 Å². The second kappa shape index (κ2) is 11.1. The van der Waals surface area contributed by atoms with Crippen molar-refractivity contribution in [1.82, 2.24) is 19.9 Å². The zero-order valence-corrected chi connectivity index (χ0v) is 29.0. The van der Waals surface area contributed by atoms with Gasteiger partial charge in [-0.25, -0.2) is 9.97 Å². The van der Waals surface area contributed by atoms with Crippen LogP contribution in [-0.4, -0.2) is 19.9 Å².